The fourth-order valence-electron chi connectivity index (χ4n) is 3.97. The van der Waals surface area contributed by atoms with E-state index in [1.807, 2.05) is 13.8 Å². The summed E-state index contributed by atoms with van der Waals surface area (Å²) in [6, 6.07) is -0.764. The Bertz CT molecular complexity index is 1110. The number of nitrogen functional groups attached to an aromatic ring is 1. The molecule has 0 aromatic carbocycles. The third-order valence-electron chi connectivity index (χ3n) is 5.66. The van der Waals surface area contributed by atoms with Crippen LogP contribution in [0, 0.1) is 13.8 Å². The summed E-state index contributed by atoms with van der Waals surface area (Å²) in [6.07, 6.45) is -0.291. The highest BCUT2D eigenvalue weighted by Gasteiger charge is 2.40. The lowest BCUT2D eigenvalue weighted by atomic mass is 9.97. The van der Waals surface area contributed by atoms with Gasteiger partial charge in [-0.3, -0.25) is 9.48 Å². The number of aromatic nitrogens is 6. The SMILES string of the molecule is CCn1nc(C)c(C(=O)N[C@@H]2CO[C@H](Cn3cnc4c(N)ncnc43)[C@@H](O)[C@H]2O)c1C. The number of hydrogen-bond acceptors (Lipinski definition) is 9. The first-order valence-electron chi connectivity index (χ1n) is 10.1. The van der Waals surface area contributed by atoms with Crippen LogP contribution in [0.5, 0.6) is 0 Å². The molecular formula is C19H26N8O4. The van der Waals surface area contributed by atoms with Crippen LogP contribution in [0.15, 0.2) is 12.7 Å². The van der Waals surface area contributed by atoms with Crippen LogP contribution in [0.2, 0.25) is 0 Å². The highest BCUT2D eigenvalue weighted by Crippen LogP contribution is 2.21. The van der Waals surface area contributed by atoms with E-state index < -0.39 is 24.4 Å². The van der Waals surface area contributed by atoms with E-state index >= 15 is 0 Å². The van der Waals surface area contributed by atoms with Gasteiger partial charge in [-0.2, -0.15) is 5.10 Å². The van der Waals surface area contributed by atoms with Gasteiger partial charge in [-0.15, -0.1) is 0 Å². The summed E-state index contributed by atoms with van der Waals surface area (Å²) in [5, 5.41) is 28.4. The van der Waals surface area contributed by atoms with E-state index in [0.717, 1.165) is 5.69 Å². The van der Waals surface area contributed by atoms with Gasteiger partial charge in [0.05, 0.1) is 36.8 Å². The van der Waals surface area contributed by atoms with Crippen molar-refractivity contribution >= 4 is 22.9 Å². The van der Waals surface area contributed by atoms with Crippen molar-refractivity contribution < 1.29 is 19.7 Å². The number of nitrogens with two attached hydrogens (primary N) is 1. The Kier molecular flexibility index (Phi) is 5.60. The van der Waals surface area contributed by atoms with Crippen molar-refractivity contribution in [2.45, 2.75) is 58.2 Å². The van der Waals surface area contributed by atoms with E-state index in [4.69, 9.17) is 10.5 Å². The molecule has 0 radical (unpaired) electrons. The molecule has 12 heteroatoms. The Balaban J connectivity index is 1.45. The number of rotatable bonds is 5. The maximum absolute atomic E-state index is 12.8. The van der Waals surface area contributed by atoms with Gasteiger partial charge in [-0.1, -0.05) is 0 Å². The van der Waals surface area contributed by atoms with Crippen LogP contribution in [-0.4, -0.2) is 76.4 Å². The van der Waals surface area contributed by atoms with Crippen LogP contribution in [-0.2, 0) is 17.8 Å². The number of nitrogens with zero attached hydrogens (tertiary/aromatic N) is 6. The second-order valence-electron chi connectivity index (χ2n) is 7.62. The fraction of sp³-hybridized carbons (Fsp3) is 0.526. The summed E-state index contributed by atoms with van der Waals surface area (Å²) in [5.74, 6) is -0.102. The number of carbonyl (C=O) groups is 1. The molecule has 0 saturated carbocycles. The van der Waals surface area contributed by atoms with Crippen molar-refractivity contribution in [3.05, 3.63) is 29.6 Å². The molecule has 0 spiro atoms. The van der Waals surface area contributed by atoms with Gasteiger partial charge in [0, 0.05) is 12.2 Å². The average Bonchev–Trinajstić information content (AvgIpc) is 3.28. The molecule has 0 aliphatic carbocycles. The van der Waals surface area contributed by atoms with Gasteiger partial charge in [0.25, 0.3) is 5.91 Å². The molecule has 0 bridgehead atoms. The van der Waals surface area contributed by atoms with Crippen LogP contribution < -0.4 is 11.1 Å². The lowest BCUT2D eigenvalue weighted by Gasteiger charge is -2.38. The normalized spacial score (nSPS) is 23.9. The van der Waals surface area contributed by atoms with Crippen molar-refractivity contribution in [3.8, 4) is 0 Å². The molecule has 0 unspecified atom stereocenters. The second-order valence-corrected chi connectivity index (χ2v) is 7.62. The van der Waals surface area contributed by atoms with Crippen molar-refractivity contribution in [2.24, 2.45) is 0 Å². The minimum atomic E-state index is -1.23. The molecule has 1 amide bonds. The zero-order valence-electron chi connectivity index (χ0n) is 17.6. The first-order chi connectivity index (χ1) is 14.8. The molecule has 166 valence electrons. The first-order valence-corrected chi connectivity index (χ1v) is 10.1. The number of amides is 1. The average molecular weight is 430 g/mol. The monoisotopic (exact) mass is 430 g/mol. The maximum Gasteiger partial charge on any atom is 0.255 e. The smallest absolute Gasteiger partial charge is 0.255 e. The molecule has 31 heavy (non-hydrogen) atoms. The maximum atomic E-state index is 12.8. The number of carbonyl (C=O) groups excluding carboxylic acids is 1. The largest absolute Gasteiger partial charge is 0.388 e. The van der Waals surface area contributed by atoms with Gasteiger partial charge in [-0.25, -0.2) is 15.0 Å². The summed E-state index contributed by atoms with van der Waals surface area (Å²) in [6.45, 7) is 6.42. The molecule has 4 rings (SSSR count). The topological polar surface area (TPSA) is 166 Å². The van der Waals surface area contributed by atoms with Crippen molar-refractivity contribution in [1.82, 2.24) is 34.6 Å². The Hall–Kier alpha value is -3.09. The molecule has 12 nitrogen and oxygen atoms in total. The van der Waals surface area contributed by atoms with E-state index in [2.05, 4.69) is 25.4 Å². The number of nitrogens with one attached hydrogen (secondary N) is 1. The zero-order valence-corrected chi connectivity index (χ0v) is 17.6. The van der Waals surface area contributed by atoms with E-state index in [0.29, 0.717) is 29.0 Å². The van der Waals surface area contributed by atoms with Crippen LogP contribution in [0.25, 0.3) is 11.2 Å². The van der Waals surface area contributed by atoms with Gasteiger partial charge < -0.3 is 30.6 Å². The van der Waals surface area contributed by atoms with Gasteiger partial charge in [0.1, 0.15) is 30.2 Å². The molecular weight excluding hydrogens is 404 g/mol. The summed E-state index contributed by atoms with van der Waals surface area (Å²) in [4.78, 5) is 25.1. The highest BCUT2D eigenvalue weighted by molar-refractivity contribution is 5.96. The highest BCUT2D eigenvalue weighted by atomic mass is 16.5. The molecule has 1 aliphatic heterocycles. The zero-order chi connectivity index (χ0) is 22.3. The van der Waals surface area contributed by atoms with Gasteiger partial charge in [-0.05, 0) is 20.8 Å². The predicted molar refractivity (Wildman–Crippen MR) is 110 cm³/mol. The standard InChI is InChI=1S/C19H26N8O4/c1-4-27-10(3)13(9(2)25-27)19(30)24-11-6-31-12(16(29)15(11)28)5-26-8-23-14-17(20)21-7-22-18(14)26/h7-8,11-12,15-16,28-29H,4-6H2,1-3H3,(H,24,30)(H2,20,21,22)/t11-,12-,15+,16-/m1/s1. The van der Waals surface area contributed by atoms with Crippen LogP contribution in [0.3, 0.4) is 0 Å². The summed E-state index contributed by atoms with van der Waals surface area (Å²) in [5.41, 5.74) is 8.58. The van der Waals surface area contributed by atoms with E-state index in [9.17, 15) is 15.0 Å². The minimum absolute atomic E-state index is 0.0401. The molecule has 1 aliphatic rings. The van der Waals surface area contributed by atoms with Crippen molar-refractivity contribution in [3.63, 3.8) is 0 Å². The quantitative estimate of drug-likeness (QED) is 0.403. The Morgan fingerprint density at radius 3 is 2.77 bits per heavy atom. The second kappa shape index (κ2) is 8.21. The van der Waals surface area contributed by atoms with E-state index in [1.54, 1.807) is 16.2 Å². The Morgan fingerprint density at radius 2 is 2.06 bits per heavy atom. The summed E-state index contributed by atoms with van der Waals surface area (Å²) < 4.78 is 9.20. The molecule has 1 fully saturated rings. The lowest BCUT2D eigenvalue weighted by Crippen LogP contribution is -2.60. The summed E-state index contributed by atoms with van der Waals surface area (Å²) in [7, 11) is 0. The molecule has 1 saturated heterocycles. The van der Waals surface area contributed by atoms with Gasteiger partial charge in [0.2, 0.25) is 0 Å². The van der Waals surface area contributed by atoms with Crippen molar-refractivity contribution in [2.75, 3.05) is 12.3 Å². The van der Waals surface area contributed by atoms with E-state index in [-0.39, 0.29) is 24.9 Å². The number of aliphatic hydroxyl groups excluding tert-OH is 2. The van der Waals surface area contributed by atoms with Gasteiger partial charge >= 0.3 is 0 Å². The Labute approximate surface area is 178 Å². The number of hydrogen-bond donors (Lipinski definition) is 4. The molecule has 4 atom stereocenters. The first kappa shape index (κ1) is 21.2. The number of fused-ring (bicyclic) bond motifs is 1. The van der Waals surface area contributed by atoms with Crippen molar-refractivity contribution in [1.29, 1.82) is 0 Å². The van der Waals surface area contributed by atoms with Crippen LogP contribution >= 0.6 is 0 Å². The Morgan fingerprint density at radius 1 is 1.29 bits per heavy atom. The molecule has 5 N–H and O–H groups in total. The fourth-order valence-corrected chi connectivity index (χ4v) is 3.97. The summed E-state index contributed by atoms with van der Waals surface area (Å²) >= 11 is 0. The minimum Gasteiger partial charge on any atom is -0.388 e. The molecule has 3 aromatic heterocycles. The lowest BCUT2D eigenvalue weighted by molar-refractivity contribution is -0.152. The number of aliphatic hydroxyl groups is 2. The third-order valence-corrected chi connectivity index (χ3v) is 5.66. The molecule has 4 heterocycles. The van der Waals surface area contributed by atoms with E-state index in [1.165, 1.54) is 12.7 Å². The number of imidazole rings is 1. The van der Waals surface area contributed by atoms with Crippen LogP contribution in [0.4, 0.5) is 5.82 Å². The predicted octanol–water partition coefficient (Wildman–Crippen LogP) is -0.839. The third kappa shape index (κ3) is 3.73. The van der Waals surface area contributed by atoms with Crippen LogP contribution in [0.1, 0.15) is 28.7 Å². The van der Waals surface area contributed by atoms with Gasteiger partial charge in [0.15, 0.2) is 11.5 Å². The number of anilines is 1. The number of aryl methyl sites for hydroxylation is 2. The number of ether oxygens (including phenoxy) is 1. The molecule has 3 aromatic rings.